The average Bonchev–Trinajstić information content (AvgIpc) is 3.54. The Bertz CT molecular complexity index is 1850. The van der Waals surface area contributed by atoms with Crippen LogP contribution in [0, 0.1) is 0 Å². The van der Waals surface area contributed by atoms with Crippen molar-refractivity contribution >= 4 is 21.4 Å². The maximum atomic E-state index is 14.6. The lowest BCUT2D eigenvalue weighted by atomic mass is 9.95. The van der Waals surface area contributed by atoms with Crippen LogP contribution in [-0.4, -0.2) is 87.6 Å². The highest BCUT2D eigenvalue weighted by Crippen LogP contribution is 2.38. The first-order chi connectivity index (χ1) is 22.5. The van der Waals surface area contributed by atoms with Crippen LogP contribution >= 0.6 is 0 Å². The number of hydrogen-bond acceptors (Lipinski definition) is 10. The second-order valence-electron chi connectivity index (χ2n) is 11.9. The molecule has 2 atom stereocenters. The summed E-state index contributed by atoms with van der Waals surface area (Å²) in [5, 5.41) is 8.19. The molecule has 3 aromatic carbocycles. The minimum atomic E-state index is -3.94. The summed E-state index contributed by atoms with van der Waals surface area (Å²) in [7, 11) is -0.822. The van der Waals surface area contributed by atoms with Gasteiger partial charge in [0.25, 0.3) is 5.92 Å². The van der Waals surface area contributed by atoms with E-state index in [1.165, 1.54) is 30.2 Å². The van der Waals surface area contributed by atoms with Crippen molar-refractivity contribution in [2.45, 2.75) is 35.7 Å². The van der Waals surface area contributed by atoms with E-state index in [0.29, 0.717) is 25.3 Å². The molecule has 0 aliphatic carbocycles. The minimum absolute atomic E-state index is 0.0160. The molecule has 0 saturated carbocycles. The van der Waals surface area contributed by atoms with Crippen LogP contribution in [0.4, 0.5) is 14.5 Å². The van der Waals surface area contributed by atoms with E-state index < -0.39 is 45.8 Å². The summed E-state index contributed by atoms with van der Waals surface area (Å²) in [5.41, 5.74) is 9.23. The Morgan fingerprint density at radius 2 is 1.68 bits per heavy atom. The number of carbonyl (C=O) groups is 1. The van der Waals surface area contributed by atoms with Crippen LogP contribution in [0.1, 0.15) is 23.8 Å². The highest BCUT2D eigenvalue weighted by atomic mass is 32.2. The van der Waals surface area contributed by atoms with Gasteiger partial charge in [-0.15, -0.1) is 10.2 Å². The van der Waals surface area contributed by atoms with Gasteiger partial charge in [0.1, 0.15) is 5.75 Å². The number of carbonyl (C=O) groups excluding carboxylic acids is 1. The smallest absolute Gasteiger partial charge is 0.261 e. The molecule has 1 saturated heterocycles. The number of piperidine rings is 1. The molecule has 2 N–H and O–H groups in total. The lowest BCUT2D eigenvalue weighted by Crippen LogP contribution is -2.47. The van der Waals surface area contributed by atoms with Gasteiger partial charge in [0.2, 0.25) is 17.7 Å². The summed E-state index contributed by atoms with van der Waals surface area (Å²) in [4.78, 5) is 16.5. The molecule has 4 aromatic rings. The number of halogens is 2. The van der Waals surface area contributed by atoms with Gasteiger partial charge in [0.15, 0.2) is 9.84 Å². The minimum Gasteiger partial charge on any atom is -0.497 e. The van der Waals surface area contributed by atoms with Gasteiger partial charge in [-0.25, -0.2) is 17.2 Å². The maximum absolute atomic E-state index is 14.6. The van der Waals surface area contributed by atoms with Crippen molar-refractivity contribution in [1.29, 1.82) is 0 Å². The molecule has 6 rings (SSSR count). The molecule has 2 aliphatic rings. The van der Waals surface area contributed by atoms with Gasteiger partial charge in [0.05, 0.1) is 55.1 Å². The molecule has 0 bridgehead atoms. The van der Waals surface area contributed by atoms with Crippen LogP contribution in [0.3, 0.4) is 0 Å². The van der Waals surface area contributed by atoms with Gasteiger partial charge >= 0.3 is 0 Å². The number of nitrogens with zero attached hydrogens (tertiary/aromatic N) is 4. The Balaban J connectivity index is 1.30. The van der Waals surface area contributed by atoms with Crippen molar-refractivity contribution in [2.24, 2.45) is 5.73 Å². The molecular formula is C33H35F2N5O6S. The molecule has 0 radical (unpaired) electrons. The van der Waals surface area contributed by atoms with Crippen molar-refractivity contribution in [3.8, 4) is 28.3 Å². The summed E-state index contributed by atoms with van der Waals surface area (Å²) < 4.78 is 72.0. The fraction of sp³-hybridized carbons (Fsp3) is 0.364. The summed E-state index contributed by atoms with van der Waals surface area (Å²) in [6.07, 6.45) is -0.446. The SMILES string of the molecule is COCCN1CC(c2nnc(-c3ccc4c(c3)N(Cc3ccc(-c5ccc(OC)cc5)cc3)C(=O)[C@@H](N)CS4(=O)=O)o2)CC(F)(F)C1. The molecule has 1 unspecified atom stereocenters. The normalized spacial score (nSPS) is 20.9. The zero-order valence-corrected chi connectivity index (χ0v) is 26.8. The highest BCUT2D eigenvalue weighted by Gasteiger charge is 2.43. The number of hydrogen-bond donors (Lipinski definition) is 1. The van der Waals surface area contributed by atoms with E-state index in [-0.39, 0.29) is 35.5 Å². The Hall–Kier alpha value is -4.24. The Morgan fingerprint density at radius 1 is 1.00 bits per heavy atom. The van der Waals surface area contributed by atoms with Gasteiger partial charge in [-0.1, -0.05) is 36.4 Å². The molecule has 248 valence electrons. The van der Waals surface area contributed by atoms with E-state index in [1.807, 2.05) is 48.5 Å². The number of nitrogens with two attached hydrogens (primary N) is 1. The van der Waals surface area contributed by atoms with E-state index in [1.54, 1.807) is 12.0 Å². The number of amides is 1. The third-order valence-corrected chi connectivity index (χ3v) is 10.2. The fourth-order valence-corrected chi connectivity index (χ4v) is 7.60. The second-order valence-corrected chi connectivity index (χ2v) is 13.9. The summed E-state index contributed by atoms with van der Waals surface area (Å²) in [6.45, 7) is 0.593. The van der Waals surface area contributed by atoms with Gasteiger partial charge in [-0.3, -0.25) is 9.69 Å². The molecule has 2 aliphatic heterocycles. The molecular weight excluding hydrogens is 632 g/mol. The number of sulfone groups is 1. The van der Waals surface area contributed by atoms with Gasteiger partial charge < -0.3 is 24.5 Å². The Kier molecular flexibility index (Phi) is 9.12. The van der Waals surface area contributed by atoms with Crippen LogP contribution in [0.25, 0.3) is 22.6 Å². The summed E-state index contributed by atoms with van der Waals surface area (Å²) >= 11 is 0. The number of fused-ring (bicyclic) bond motifs is 1. The summed E-state index contributed by atoms with van der Waals surface area (Å²) in [6, 6.07) is 18.3. The number of alkyl halides is 2. The zero-order valence-electron chi connectivity index (χ0n) is 25.9. The van der Waals surface area contributed by atoms with Crippen molar-refractivity contribution in [2.75, 3.05) is 51.1 Å². The third kappa shape index (κ3) is 7.05. The Morgan fingerprint density at radius 3 is 2.36 bits per heavy atom. The number of likely N-dealkylation sites (tertiary alicyclic amines) is 1. The number of ether oxygens (including phenoxy) is 2. The molecule has 47 heavy (non-hydrogen) atoms. The van der Waals surface area contributed by atoms with Gasteiger partial charge in [-0.2, -0.15) is 0 Å². The fourth-order valence-electron chi connectivity index (χ4n) is 6.04. The number of benzene rings is 3. The van der Waals surface area contributed by atoms with E-state index in [9.17, 15) is 22.0 Å². The predicted octanol–water partition coefficient (Wildman–Crippen LogP) is 4.13. The van der Waals surface area contributed by atoms with Gasteiger partial charge in [-0.05, 0) is 47.0 Å². The average molecular weight is 668 g/mol. The standard InChI is InChI=1S/C33H35F2N5O6S/c1-44-14-13-39-18-25(16-33(34,35)20-39)31-38-37-30(46-31)24-9-12-29-28(15-24)40(32(41)27(36)19-47(29,42)43)17-21-3-5-22(6-4-21)23-7-10-26(45-2)11-8-23/h3-12,15,25,27H,13-14,16-20,36H2,1-2H3/t25?,27-/m0/s1. The third-order valence-electron chi connectivity index (χ3n) is 8.41. The topological polar surface area (TPSA) is 141 Å². The lowest BCUT2D eigenvalue weighted by Gasteiger charge is -2.35. The highest BCUT2D eigenvalue weighted by molar-refractivity contribution is 7.91. The van der Waals surface area contributed by atoms with Crippen molar-refractivity contribution < 1.29 is 35.9 Å². The first-order valence-electron chi connectivity index (χ1n) is 15.1. The maximum Gasteiger partial charge on any atom is 0.261 e. The first-order valence-corrected chi connectivity index (χ1v) is 16.7. The van der Waals surface area contributed by atoms with Gasteiger partial charge in [0, 0.05) is 32.2 Å². The zero-order chi connectivity index (χ0) is 33.3. The van der Waals surface area contributed by atoms with Crippen LogP contribution < -0.4 is 15.4 Å². The molecule has 1 aromatic heterocycles. The quantitative estimate of drug-likeness (QED) is 0.277. The van der Waals surface area contributed by atoms with E-state index in [4.69, 9.17) is 19.6 Å². The van der Waals surface area contributed by atoms with Crippen LogP contribution in [-0.2, 0) is 25.9 Å². The number of methoxy groups -OCH3 is 2. The van der Waals surface area contributed by atoms with Crippen molar-refractivity contribution in [1.82, 2.24) is 15.1 Å². The van der Waals surface area contributed by atoms with Crippen LogP contribution in [0.2, 0.25) is 0 Å². The van der Waals surface area contributed by atoms with Crippen molar-refractivity contribution in [3.05, 3.63) is 78.2 Å². The van der Waals surface area contributed by atoms with E-state index >= 15 is 0 Å². The monoisotopic (exact) mass is 667 g/mol. The molecule has 11 nitrogen and oxygen atoms in total. The predicted molar refractivity (Wildman–Crippen MR) is 170 cm³/mol. The molecule has 3 heterocycles. The second kappa shape index (κ2) is 13.1. The number of aromatic nitrogens is 2. The van der Waals surface area contributed by atoms with E-state index in [0.717, 1.165) is 22.4 Å². The van der Waals surface area contributed by atoms with Crippen molar-refractivity contribution in [3.63, 3.8) is 0 Å². The first kappa shape index (κ1) is 32.7. The van der Waals surface area contributed by atoms with Crippen LogP contribution in [0.15, 0.2) is 76.0 Å². The van der Waals surface area contributed by atoms with E-state index in [2.05, 4.69) is 10.2 Å². The molecule has 0 spiro atoms. The molecule has 14 heteroatoms. The lowest BCUT2D eigenvalue weighted by molar-refractivity contribution is -0.119. The summed E-state index contributed by atoms with van der Waals surface area (Å²) in [5.74, 6) is -3.96. The number of rotatable bonds is 9. The molecule has 1 amide bonds. The largest absolute Gasteiger partial charge is 0.497 e. The van der Waals surface area contributed by atoms with Crippen LogP contribution in [0.5, 0.6) is 5.75 Å². The Labute approximate surface area is 271 Å². The molecule has 1 fully saturated rings. The number of anilines is 1.